The summed E-state index contributed by atoms with van der Waals surface area (Å²) in [6.07, 6.45) is 2.49. The molecular weight excluding hydrogens is 311 g/mol. The molecule has 2 N–H and O–H groups in total. The molecule has 110 valence electrons. The van der Waals surface area contributed by atoms with Crippen LogP contribution in [0.1, 0.15) is 23.8 Å². The minimum Gasteiger partial charge on any atom is -0.370 e. The van der Waals surface area contributed by atoms with Crippen LogP contribution in [0.2, 0.25) is 10.0 Å². The molecule has 0 unspecified atom stereocenters. The SMILES string of the molecule is CCCNc1ccc(Cl)c(C(=O)Nc2ncccc2Cl)n1. The van der Waals surface area contributed by atoms with Gasteiger partial charge in [-0.25, -0.2) is 9.97 Å². The van der Waals surface area contributed by atoms with E-state index in [-0.39, 0.29) is 16.5 Å². The Morgan fingerprint density at radius 1 is 1.24 bits per heavy atom. The summed E-state index contributed by atoms with van der Waals surface area (Å²) < 4.78 is 0. The van der Waals surface area contributed by atoms with Gasteiger partial charge in [-0.15, -0.1) is 0 Å². The van der Waals surface area contributed by atoms with E-state index in [1.54, 1.807) is 24.3 Å². The number of halogens is 2. The Kier molecular flexibility index (Phi) is 5.36. The molecule has 21 heavy (non-hydrogen) atoms. The number of hydrogen-bond donors (Lipinski definition) is 2. The van der Waals surface area contributed by atoms with Crippen LogP contribution in [0.4, 0.5) is 11.6 Å². The zero-order chi connectivity index (χ0) is 15.2. The second-order valence-electron chi connectivity index (χ2n) is 4.24. The minimum atomic E-state index is -0.458. The molecule has 7 heteroatoms. The van der Waals surface area contributed by atoms with Crippen LogP contribution in [0.25, 0.3) is 0 Å². The van der Waals surface area contributed by atoms with Gasteiger partial charge in [-0.2, -0.15) is 0 Å². The highest BCUT2D eigenvalue weighted by Gasteiger charge is 2.15. The molecule has 0 fully saturated rings. The third kappa shape index (κ3) is 4.06. The Morgan fingerprint density at radius 2 is 2.05 bits per heavy atom. The number of pyridine rings is 2. The van der Waals surface area contributed by atoms with Gasteiger partial charge < -0.3 is 10.6 Å². The highest BCUT2D eigenvalue weighted by molar-refractivity contribution is 6.35. The monoisotopic (exact) mass is 324 g/mol. The second kappa shape index (κ2) is 7.24. The molecule has 0 atom stereocenters. The van der Waals surface area contributed by atoms with E-state index in [0.717, 1.165) is 13.0 Å². The first-order valence-corrected chi connectivity index (χ1v) is 7.19. The maximum atomic E-state index is 12.2. The first-order chi connectivity index (χ1) is 10.1. The fourth-order valence-electron chi connectivity index (χ4n) is 1.60. The normalized spacial score (nSPS) is 10.2. The van der Waals surface area contributed by atoms with Gasteiger partial charge in [0.05, 0.1) is 10.0 Å². The molecule has 0 aromatic carbocycles. The molecule has 0 bridgehead atoms. The number of amides is 1. The first kappa shape index (κ1) is 15.5. The fourth-order valence-corrected chi connectivity index (χ4v) is 1.96. The Hall–Kier alpha value is -1.85. The van der Waals surface area contributed by atoms with Crippen molar-refractivity contribution < 1.29 is 4.79 Å². The van der Waals surface area contributed by atoms with E-state index >= 15 is 0 Å². The highest BCUT2D eigenvalue weighted by Crippen LogP contribution is 2.21. The summed E-state index contributed by atoms with van der Waals surface area (Å²) in [5, 5.41) is 6.31. The highest BCUT2D eigenvalue weighted by atomic mass is 35.5. The van der Waals surface area contributed by atoms with Crippen molar-refractivity contribution in [3.63, 3.8) is 0 Å². The van der Waals surface area contributed by atoms with E-state index < -0.39 is 5.91 Å². The Morgan fingerprint density at radius 3 is 2.76 bits per heavy atom. The Labute approximate surface area is 132 Å². The molecule has 0 saturated carbocycles. The molecule has 0 aliphatic carbocycles. The molecule has 0 spiro atoms. The summed E-state index contributed by atoms with van der Waals surface area (Å²) >= 11 is 12.0. The third-order valence-electron chi connectivity index (χ3n) is 2.61. The van der Waals surface area contributed by atoms with Gasteiger partial charge in [0, 0.05) is 12.7 Å². The van der Waals surface area contributed by atoms with Crippen LogP contribution in [-0.2, 0) is 0 Å². The molecule has 2 rings (SSSR count). The van der Waals surface area contributed by atoms with Crippen LogP contribution in [0.5, 0.6) is 0 Å². The number of aromatic nitrogens is 2. The summed E-state index contributed by atoms with van der Waals surface area (Å²) in [5.41, 5.74) is 0.125. The second-order valence-corrected chi connectivity index (χ2v) is 5.06. The molecule has 2 aromatic heterocycles. The summed E-state index contributed by atoms with van der Waals surface area (Å²) in [4.78, 5) is 20.4. The van der Waals surface area contributed by atoms with Crippen LogP contribution in [0.3, 0.4) is 0 Å². The van der Waals surface area contributed by atoms with Gasteiger partial charge in [0.15, 0.2) is 5.82 Å². The topological polar surface area (TPSA) is 66.9 Å². The quantitative estimate of drug-likeness (QED) is 0.876. The maximum Gasteiger partial charge on any atom is 0.277 e. The number of anilines is 2. The lowest BCUT2D eigenvalue weighted by Gasteiger charge is -2.09. The van der Waals surface area contributed by atoms with Gasteiger partial charge in [0.1, 0.15) is 11.5 Å². The zero-order valence-corrected chi connectivity index (χ0v) is 12.9. The molecule has 0 aliphatic heterocycles. The fraction of sp³-hybridized carbons (Fsp3) is 0.214. The predicted molar refractivity (Wildman–Crippen MR) is 85.2 cm³/mol. The third-order valence-corrected chi connectivity index (χ3v) is 3.22. The first-order valence-electron chi connectivity index (χ1n) is 6.44. The van der Waals surface area contributed by atoms with Gasteiger partial charge in [-0.05, 0) is 30.7 Å². The average Bonchev–Trinajstić information content (AvgIpc) is 2.48. The number of nitrogens with one attached hydrogen (secondary N) is 2. The lowest BCUT2D eigenvalue weighted by molar-refractivity contribution is 0.102. The summed E-state index contributed by atoms with van der Waals surface area (Å²) in [6.45, 7) is 2.81. The van der Waals surface area contributed by atoms with E-state index in [2.05, 4.69) is 20.6 Å². The van der Waals surface area contributed by atoms with Crippen LogP contribution in [0, 0.1) is 0 Å². The van der Waals surface area contributed by atoms with E-state index in [9.17, 15) is 4.79 Å². The number of rotatable bonds is 5. The summed E-state index contributed by atoms with van der Waals surface area (Å²) in [6, 6.07) is 6.67. The average molecular weight is 325 g/mol. The number of hydrogen-bond acceptors (Lipinski definition) is 4. The van der Waals surface area contributed by atoms with E-state index in [1.165, 1.54) is 6.20 Å². The predicted octanol–water partition coefficient (Wildman–Crippen LogP) is 3.86. The van der Waals surface area contributed by atoms with Gasteiger partial charge >= 0.3 is 0 Å². The number of carbonyl (C=O) groups is 1. The van der Waals surface area contributed by atoms with Crippen molar-refractivity contribution in [2.75, 3.05) is 17.2 Å². The molecular formula is C14H14Cl2N4O. The van der Waals surface area contributed by atoms with Crippen molar-refractivity contribution >= 4 is 40.7 Å². The number of carbonyl (C=O) groups excluding carboxylic acids is 1. The molecule has 0 aliphatic rings. The number of nitrogens with zero attached hydrogens (tertiary/aromatic N) is 2. The van der Waals surface area contributed by atoms with Crippen LogP contribution >= 0.6 is 23.2 Å². The van der Waals surface area contributed by atoms with Crippen LogP contribution in [-0.4, -0.2) is 22.4 Å². The lowest BCUT2D eigenvalue weighted by Crippen LogP contribution is -2.16. The van der Waals surface area contributed by atoms with Crippen molar-refractivity contribution in [3.8, 4) is 0 Å². The molecule has 2 aromatic rings. The molecule has 2 heterocycles. The Bertz CT molecular complexity index is 649. The standard InChI is InChI=1S/C14H14Cl2N4O/c1-2-7-17-11-6-5-9(15)12(19-11)14(21)20-13-10(16)4-3-8-18-13/h3-6,8H,2,7H2,1H3,(H,17,19)(H,18,20,21). The molecule has 0 radical (unpaired) electrons. The van der Waals surface area contributed by atoms with Crippen molar-refractivity contribution in [2.45, 2.75) is 13.3 Å². The van der Waals surface area contributed by atoms with Gasteiger partial charge in [-0.1, -0.05) is 30.1 Å². The summed E-state index contributed by atoms with van der Waals surface area (Å²) in [7, 11) is 0. The van der Waals surface area contributed by atoms with Crippen LogP contribution < -0.4 is 10.6 Å². The molecule has 5 nitrogen and oxygen atoms in total. The Balaban J connectivity index is 2.20. The minimum absolute atomic E-state index is 0.125. The lowest BCUT2D eigenvalue weighted by atomic mass is 10.3. The van der Waals surface area contributed by atoms with Crippen molar-refractivity contribution in [2.24, 2.45) is 0 Å². The van der Waals surface area contributed by atoms with Gasteiger partial charge in [0.25, 0.3) is 5.91 Å². The smallest absolute Gasteiger partial charge is 0.277 e. The van der Waals surface area contributed by atoms with Crippen molar-refractivity contribution in [1.29, 1.82) is 0 Å². The van der Waals surface area contributed by atoms with E-state index in [1.807, 2.05) is 6.92 Å². The van der Waals surface area contributed by atoms with E-state index in [0.29, 0.717) is 10.8 Å². The van der Waals surface area contributed by atoms with Gasteiger partial charge in [-0.3, -0.25) is 4.79 Å². The van der Waals surface area contributed by atoms with Gasteiger partial charge in [0.2, 0.25) is 0 Å². The maximum absolute atomic E-state index is 12.2. The van der Waals surface area contributed by atoms with Crippen LogP contribution in [0.15, 0.2) is 30.5 Å². The summed E-state index contributed by atoms with van der Waals surface area (Å²) in [5.74, 6) is 0.410. The molecule has 1 amide bonds. The van der Waals surface area contributed by atoms with Crippen molar-refractivity contribution in [3.05, 3.63) is 46.2 Å². The molecule has 0 saturated heterocycles. The van der Waals surface area contributed by atoms with Crippen molar-refractivity contribution in [1.82, 2.24) is 9.97 Å². The van der Waals surface area contributed by atoms with E-state index in [4.69, 9.17) is 23.2 Å². The largest absolute Gasteiger partial charge is 0.370 e. The zero-order valence-electron chi connectivity index (χ0n) is 11.4.